The first-order valence-electron chi connectivity index (χ1n) is 6.15. The van der Waals surface area contributed by atoms with Crippen LogP contribution in [0.15, 0.2) is 17.4 Å². The molecule has 0 bridgehead atoms. The minimum Gasteiger partial charge on any atom is -0.493 e. The maximum Gasteiger partial charge on any atom is 0.407 e. The smallest absolute Gasteiger partial charge is 0.407 e. The Hall–Kier alpha value is -2.18. The molecule has 1 aliphatic heterocycles. The summed E-state index contributed by atoms with van der Waals surface area (Å²) in [6, 6.07) is -0.0878. The highest BCUT2D eigenvalue weighted by molar-refractivity contribution is 5.65. The number of aromatic amines is 1. The quantitative estimate of drug-likeness (QED) is 0.709. The van der Waals surface area contributed by atoms with Crippen LogP contribution >= 0.6 is 0 Å². The number of hydrogen-bond acceptors (Lipinski definition) is 3. The Morgan fingerprint density at radius 1 is 1.47 bits per heavy atom. The predicted octanol–water partition coefficient (Wildman–Crippen LogP) is 0.925. The molecule has 0 radical (unpaired) electrons. The van der Waals surface area contributed by atoms with E-state index >= 15 is 0 Å². The van der Waals surface area contributed by atoms with E-state index in [4.69, 9.17) is 5.11 Å². The molecular weight excluding hydrogens is 250 g/mol. The lowest BCUT2D eigenvalue weighted by atomic mass is 10.0. The molecule has 3 N–H and O–H groups in total. The number of aromatic nitrogens is 2. The van der Waals surface area contributed by atoms with Crippen molar-refractivity contribution in [3.8, 4) is 5.88 Å². The monoisotopic (exact) mass is 267 g/mol. The number of likely N-dealkylation sites (tertiary alicyclic amines) is 1. The molecule has 2 heterocycles. The number of nitrogens with zero attached hydrogens (tertiary/aromatic N) is 2. The van der Waals surface area contributed by atoms with Crippen molar-refractivity contribution in [2.24, 2.45) is 0 Å². The highest BCUT2D eigenvalue weighted by atomic mass is 16.4. The summed E-state index contributed by atoms with van der Waals surface area (Å²) in [6.45, 7) is 4.39. The van der Waals surface area contributed by atoms with E-state index in [-0.39, 0.29) is 17.6 Å². The van der Waals surface area contributed by atoms with E-state index in [1.807, 2.05) is 0 Å². The standard InChI is InChI=1S/C12H17N3O4/c1-2-3-9-10(16)13-11(17)15(9)8-4-6-14(7-5-8)12(18)19/h2,8,16H,1,3-7H2,(H,13,17)(H,18,19). The van der Waals surface area contributed by atoms with Crippen molar-refractivity contribution >= 4 is 6.09 Å². The Labute approximate surface area is 109 Å². The first-order chi connectivity index (χ1) is 9.04. The fraction of sp³-hybridized carbons (Fsp3) is 0.500. The predicted molar refractivity (Wildman–Crippen MR) is 68.5 cm³/mol. The first kappa shape index (κ1) is 13.3. The van der Waals surface area contributed by atoms with Gasteiger partial charge in [0.1, 0.15) is 0 Å². The number of piperidine rings is 1. The van der Waals surface area contributed by atoms with Gasteiger partial charge in [-0.15, -0.1) is 6.58 Å². The molecule has 0 aromatic carbocycles. The average Bonchev–Trinajstić information content (AvgIpc) is 2.65. The Bertz CT molecular complexity index is 538. The van der Waals surface area contributed by atoms with Crippen LogP contribution < -0.4 is 5.69 Å². The van der Waals surface area contributed by atoms with Crippen LogP contribution in [0.3, 0.4) is 0 Å². The third-order valence-electron chi connectivity index (χ3n) is 3.45. The molecular formula is C12H17N3O4. The van der Waals surface area contributed by atoms with Gasteiger partial charge >= 0.3 is 11.8 Å². The molecule has 0 saturated carbocycles. The van der Waals surface area contributed by atoms with E-state index in [0.29, 0.717) is 38.0 Å². The molecule has 19 heavy (non-hydrogen) atoms. The van der Waals surface area contributed by atoms with Crippen LogP contribution in [-0.4, -0.2) is 43.8 Å². The number of carbonyl (C=O) groups is 1. The van der Waals surface area contributed by atoms with Gasteiger partial charge in [-0.2, -0.15) is 0 Å². The van der Waals surface area contributed by atoms with E-state index in [1.165, 1.54) is 9.47 Å². The number of allylic oxidation sites excluding steroid dienone is 1. The van der Waals surface area contributed by atoms with E-state index in [9.17, 15) is 14.7 Å². The summed E-state index contributed by atoms with van der Waals surface area (Å²) in [5.74, 6) is -0.134. The number of nitrogens with one attached hydrogen (secondary N) is 1. The normalized spacial score (nSPS) is 16.5. The Balaban J connectivity index is 2.22. The number of imidazole rings is 1. The molecule has 0 atom stereocenters. The largest absolute Gasteiger partial charge is 0.493 e. The molecule has 1 amide bonds. The summed E-state index contributed by atoms with van der Waals surface area (Å²) in [4.78, 5) is 26.4. The molecule has 104 valence electrons. The molecule has 7 heteroatoms. The van der Waals surface area contributed by atoms with Crippen molar-refractivity contribution in [3.05, 3.63) is 28.8 Å². The van der Waals surface area contributed by atoms with Crippen LogP contribution in [0.5, 0.6) is 5.88 Å². The molecule has 1 fully saturated rings. The zero-order valence-electron chi connectivity index (χ0n) is 10.5. The van der Waals surface area contributed by atoms with Crippen LogP contribution in [0.1, 0.15) is 24.6 Å². The zero-order chi connectivity index (χ0) is 14.0. The number of rotatable bonds is 3. The van der Waals surface area contributed by atoms with Crippen LogP contribution in [0.25, 0.3) is 0 Å². The third kappa shape index (κ3) is 2.49. The number of aromatic hydroxyl groups is 1. The van der Waals surface area contributed by atoms with Crippen LogP contribution in [0.4, 0.5) is 4.79 Å². The fourth-order valence-electron chi connectivity index (χ4n) is 2.50. The lowest BCUT2D eigenvalue weighted by Crippen LogP contribution is -2.40. The number of H-pyrrole nitrogens is 1. The highest BCUT2D eigenvalue weighted by Crippen LogP contribution is 2.25. The molecule has 2 rings (SSSR count). The molecule has 7 nitrogen and oxygen atoms in total. The Kier molecular flexibility index (Phi) is 3.64. The SMILES string of the molecule is C=CCc1c(O)[nH]c(=O)n1C1CCN(C(=O)O)CC1. The van der Waals surface area contributed by atoms with E-state index in [0.717, 1.165) is 0 Å². The lowest BCUT2D eigenvalue weighted by Gasteiger charge is -2.30. The first-order valence-corrected chi connectivity index (χ1v) is 6.15. The maximum absolute atomic E-state index is 11.8. The van der Waals surface area contributed by atoms with Gasteiger partial charge in [-0.1, -0.05) is 6.08 Å². The van der Waals surface area contributed by atoms with Gasteiger partial charge in [-0.3, -0.25) is 9.55 Å². The van der Waals surface area contributed by atoms with Crippen molar-refractivity contribution in [2.75, 3.05) is 13.1 Å². The Morgan fingerprint density at radius 3 is 2.63 bits per heavy atom. The zero-order valence-corrected chi connectivity index (χ0v) is 10.5. The summed E-state index contributed by atoms with van der Waals surface area (Å²) in [7, 11) is 0. The molecule has 1 aromatic rings. The number of carboxylic acid groups (broad SMARTS) is 1. The van der Waals surface area contributed by atoms with Crippen LogP contribution in [0.2, 0.25) is 0 Å². The average molecular weight is 267 g/mol. The lowest BCUT2D eigenvalue weighted by molar-refractivity contribution is 0.125. The summed E-state index contributed by atoms with van der Waals surface area (Å²) in [5.41, 5.74) is 0.150. The highest BCUT2D eigenvalue weighted by Gasteiger charge is 2.27. The molecule has 1 aliphatic rings. The maximum atomic E-state index is 11.8. The second kappa shape index (κ2) is 5.21. The summed E-state index contributed by atoms with van der Waals surface area (Å²) in [6.07, 6.45) is 2.20. The van der Waals surface area contributed by atoms with Gasteiger partial charge in [-0.05, 0) is 12.8 Å². The van der Waals surface area contributed by atoms with Gasteiger partial charge in [0.15, 0.2) is 0 Å². The van der Waals surface area contributed by atoms with Gasteiger partial charge in [0, 0.05) is 25.6 Å². The van der Waals surface area contributed by atoms with Crippen molar-refractivity contribution in [3.63, 3.8) is 0 Å². The second-order valence-corrected chi connectivity index (χ2v) is 4.59. The molecule has 0 aliphatic carbocycles. The van der Waals surface area contributed by atoms with Gasteiger partial charge in [0.2, 0.25) is 5.88 Å². The molecule has 0 unspecified atom stereocenters. The van der Waals surface area contributed by atoms with Gasteiger partial charge in [0.05, 0.1) is 5.69 Å². The fourth-order valence-corrected chi connectivity index (χ4v) is 2.50. The van der Waals surface area contributed by atoms with Crippen molar-refractivity contribution < 1.29 is 15.0 Å². The van der Waals surface area contributed by atoms with Crippen molar-refractivity contribution in [2.45, 2.75) is 25.3 Å². The molecule has 0 spiro atoms. The van der Waals surface area contributed by atoms with E-state index in [1.54, 1.807) is 6.08 Å². The van der Waals surface area contributed by atoms with E-state index < -0.39 is 6.09 Å². The van der Waals surface area contributed by atoms with Gasteiger partial charge in [-0.25, -0.2) is 9.59 Å². The Morgan fingerprint density at radius 2 is 2.11 bits per heavy atom. The van der Waals surface area contributed by atoms with Gasteiger partial charge in [0.25, 0.3) is 0 Å². The van der Waals surface area contributed by atoms with Gasteiger partial charge < -0.3 is 15.1 Å². The van der Waals surface area contributed by atoms with Crippen LogP contribution in [0, 0.1) is 0 Å². The second-order valence-electron chi connectivity index (χ2n) is 4.59. The minimum atomic E-state index is -0.936. The summed E-state index contributed by atoms with van der Waals surface area (Å²) >= 11 is 0. The summed E-state index contributed by atoms with van der Waals surface area (Å²) < 4.78 is 1.52. The van der Waals surface area contributed by atoms with Crippen LogP contribution in [-0.2, 0) is 6.42 Å². The third-order valence-corrected chi connectivity index (χ3v) is 3.45. The van der Waals surface area contributed by atoms with Crippen molar-refractivity contribution in [1.29, 1.82) is 0 Å². The van der Waals surface area contributed by atoms with E-state index in [2.05, 4.69) is 11.6 Å². The topological polar surface area (TPSA) is 98.6 Å². The van der Waals surface area contributed by atoms with Crippen molar-refractivity contribution in [1.82, 2.24) is 14.5 Å². The summed E-state index contributed by atoms with van der Waals surface area (Å²) in [5, 5.41) is 18.6. The minimum absolute atomic E-state index is 0.0878. The molecule has 1 aromatic heterocycles. The number of hydrogen-bond donors (Lipinski definition) is 3. The number of amides is 1. The molecule has 1 saturated heterocycles.